The first-order valence-corrected chi connectivity index (χ1v) is 5.83. The van der Waals surface area contributed by atoms with E-state index < -0.39 is 5.83 Å². The van der Waals surface area contributed by atoms with E-state index in [-0.39, 0.29) is 5.57 Å². The fraction of sp³-hybridized carbons (Fsp3) is 0.643. The van der Waals surface area contributed by atoms with E-state index in [1.165, 1.54) is 13.0 Å². The Morgan fingerprint density at radius 1 is 1.25 bits per heavy atom. The summed E-state index contributed by atoms with van der Waals surface area (Å²) in [4.78, 5) is 0. The van der Waals surface area contributed by atoms with Crippen LogP contribution in [0.25, 0.3) is 0 Å². The maximum absolute atomic E-state index is 13.4. The lowest BCUT2D eigenvalue weighted by Gasteiger charge is -2.13. The fourth-order valence-electron chi connectivity index (χ4n) is 1.31. The summed E-state index contributed by atoms with van der Waals surface area (Å²) in [5.41, 5.74) is 1.16. The molecular formula is C14H22FN. The predicted molar refractivity (Wildman–Crippen MR) is 66.4 cm³/mol. The van der Waals surface area contributed by atoms with E-state index in [1.807, 2.05) is 13.0 Å². The standard InChI is InChI=1S/C14H22FN/c1-10(2)6-7-11(3)12(4)8-14(15)13(5)9-16/h8,10-11H,6-7H2,1-5H3. The van der Waals surface area contributed by atoms with Crippen molar-refractivity contribution in [1.82, 2.24) is 0 Å². The first kappa shape index (κ1) is 14.9. The van der Waals surface area contributed by atoms with Gasteiger partial charge in [-0.3, -0.25) is 0 Å². The minimum Gasteiger partial charge on any atom is -0.206 e. The summed E-state index contributed by atoms with van der Waals surface area (Å²) in [5.74, 6) is 0.646. The van der Waals surface area contributed by atoms with E-state index in [2.05, 4.69) is 20.8 Å². The molecule has 0 aromatic carbocycles. The van der Waals surface area contributed by atoms with Crippen molar-refractivity contribution in [2.75, 3.05) is 0 Å². The van der Waals surface area contributed by atoms with Crippen LogP contribution in [0.1, 0.15) is 47.5 Å². The van der Waals surface area contributed by atoms with Crippen molar-refractivity contribution in [2.24, 2.45) is 11.8 Å². The van der Waals surface area contributed by atoms with Crippen LogP contribution in [0.15, 0.2) is 23.0 Å². The van der Waals surface area contributed by atoms with Gasteiger partial charge in [-0.15, -0.1) is 0 Å². The van der Waals surface area contributed by atoms with E-state index in [4.69, 9.17) is 5.26 Å². The highest BCUT2D eigenvalue weighted by Gasteiger charge is 2.07. The number of allylic oxidation sites excluding steroid dienone is 4. The van der Waals surface area contributed by atoms with E-state index in [0.29, 0.717) is 11.8 Å². The van der Waals surface area contributed by atoms with Crippen LogP contribution in [0.4, 0.5) is 4.39 Å². The molecule has 0 spiro atoms. The van der Waals surface area contributed by atoms with Crippen molar-refractivity contribution >= 4 is 0 Å². The Hall–Kier alpha value is -1.10. The van der Waals surface area contributed by atoms with Crippen molar-refractivity contribution in [3.63, 3.8) is 0 Å². The lowest BCUT2D eigenvalue weighted by atomic mass is 9.93. The lowest BCUT2D eigenvalue weighted by Crippen LogP contribution is -1.99. The first-order valence-electron chi connectivity index (χ1n) is 5.83. The molecule has 0 aromatic rings. The van der Waals surface area contributed by atoms with Gasteiger partial charge in [-0.2, -0.15) is 5.26 Å². The third-order valence-corrected chi connectivity index (χ3v) is 2.83. The molecule has 0 bridgehead atoms. The van der Waals surface area contributed by atoms with Gasteiger partial charge < -0.3 is 0 Å². The van der Waals surface area contributed by atoms with Crippen LogP contribution in [-0.2, 0) is 0 Å². The molecule has 2 heteroatoms. The zero-order valence-electron chi connectivity index (χ0n) is 11.0. The molecule has 90 valence electrons. The second-order valence-electron chi connectivity index (χ2n) is 4.85. The van der Waals surface area contributed by atoms with Gasteiger partial charge in [-0.25, -0.2) is 4.39 Å². The maximum atomic E-state index is 13.4. The molecule has 1 nitrogen and oxygen atoms in total. The van der Waals surface area contributed by atoms with Gasteiger partial charge in [0.05, 0.1) is 11.6 Å². The van der Waals surface area contributed by atoms with Gasteiger partial charge in [0.1, 0.15) is 5.83 Å². The zero-order chi connectivity index (χ0) is 12.7. The average Bonchev–Trinajstić information content (AvgIpc) is 2.24. The molecule has 0 radical (unpaired) electrons. The van der Waals surface area contributed by atoms with Crippen LogP contribution >= 0.6 is 0 Å². The SMILES string of the molecule is CC(=CC(F)=C(C)C#N)C(C)CCC(C)C. The molecule has 0 N–H and O–H groups in total. The zero-order valence-corrected chi connectivity index (χ0v) is 11.0. The summed E-state index contributed by atoms with van der Waals surface area (Å²) < 4.78 is 13.4. The molecular weight excluding hydrogens is 201 g/mol. The monoisotopic (exact) mass is 223 g/mol. The van der Waals surface area contributed by atoms with Gasteiger partial charge >= 0.3 is 0 Å². The molecule has 1 unspecified atom stereocenters. The van der Waals surface area contributed by atoms with E-state index >= 15 is 0 Å². The van der Waals surface area contributed by atoms with Gasteiger partial charge in [0.15, 0.2) is 0 Å². The van der Waals surface area contributed by atoms with Crippen molar-refractivity contribution in [1.29, 1.82) is 5.26 Å². The second-order valence-corrected chi connectivity index (χ2v) is 4.85. The predicted octanol–water partition coefficient (Wildman–Crippen LogP) is 4.77. The normalized spacial score (nSPS) is 15.8. The summed E-state index contributed by atoms with van der Waals surface area (Å²) in [6.07, 6.45) is 3.71. The molecule has 1 atom stereocenters. The van der Waals surface area contributed by atoms with Crippen molar-refractivity contribution < 1.29 is 4.39 Å². The van der Waals surface area contributed by atoms with Crippen LogP contribution in [0.5, 0.6) is 0 Å². The van der Waals surface area contributed by atoms with Crippen LogP contribution in [0.3, 0.4) is 0 Å². The molecule has 0 heterocycles. The Morgan fingerprint density at radius 2 is 1.81 bits per heavy atom. The Morgan fingerprint density at radius 3 is 2.25 bits per heavy atom. The molecule has 0 fully saturated rings. The molecule has 0 saturated carbocycles. The third kappa shape index (κ3) is 5.70. The van der Waals surface area contributed by atoms with Crippen LogP contribution in [0.2, 0.25) is 0 Å². The quantitative estimate of drug-likeness (QED) is 0.486. The van der Waals surface area contributed by atoms with Crippen LogP contribution in [-0.4, -0.2) is 0 Å². The topological polar surface area (TPSA) is 23.8 Å². The first-order chi connectivity index (χ1) is 7.38. The number of rotatable bonds is 5. The number of halogens is 1. The van der Waals surface area contributed by atoms with E-state index in [9.17, 15) is 4.39 Å². The molecule has 0 aliphatic rings. The Bertz CT molecular complexity index is 318. The average molecular weight is 223 g/mol. The molecule has 0 saturated heterocycles. The lowest BCUT2D eigenvalue weighted by molar-refractivity contribution is 0.488. The van der Waals surface area contributed by atoms with E-state index in [1.54, 1.807) is 0 Å². The Balaban J connectivity index is 4.50. The molecule has 0 amide bonds. The molecule has 0 rings (SSSR count). The molecule has 0 aromatic heterocycles. The Labute approximate surface area is 98.7 Å². The summed E-state index contributed by atoms with van der Waals surface area (Å²) in [6.45, 7) is 9.90. The molecule has 0 aliphatic heterocycles. The number of hydrogen-bond donors (Lipinski definition) is 0. The minimum atomic E-state index is -0.406. The van der Waals surface area contributed by atoms with E-state index in [0.717, 1.165) is 18.4 Å². The smallest absolute Gasteiger partial charge is 0.136 e. The second kappa shape index (κ2) is 7.22. The van der Waals surface area contributed by atoms with Gasteiger partial charge in [0.2, 0.25) is 0 Å². The van der Waals surface area contributed by atoms with Crippen molar-refractivity contribution in [3.05, 3.63) is 23.0 Å². The van der Waals surface area contributed by atoms with Crippen LogP contribution in [0, 0.1) is 23.2 Å². The Kier molecular flexibility index (Phi) is 6.72. The summed E-state index contributed by atoms with van der Waals surface area (Å²) in [5, 5.41) is 8.56. The summed E-state index contributed by atoms with van der Waals surface area (Å²) in [6, 6.07) is 1.82. The van der Waals surface area contributed by atoms with Gasteiger partial charge in [0, 0.05) is 0 Å². The minimum absolute atomic E-state index is 0.149. The number of hydrogen-bond acceptors (Lipinski definition) is 1. The van der Waals surface area contributed by atoms with Gasteiger partial charge in [-0.1, -0.05) is 32.8 Å². The number of nitriles is 1. The largest absolute Gasteiger partial charge is 0.206 e. The summed E-state index contributed by atoms with van der Waals surface area (Å²) in [7, 11) is 0. The summed E-state index contributed by atoms with van der Waals surface area (Å²) >= 11 is 0. The van der Waals surface area contributed by atoms with Crippen molar-refractivity contribution in [3.8, 4) is 6.07 Å². The highest BCUT2D eigenvalue weighted by atomic mass is 19.1. The number of nitrogens with zero attached hydrogens (tertiary/aromatic N) is 1. The van der Waals surface area contributed by atoms with Gasteiger partial charge in [-0.05, 0) is 38.2 Å². The van der Waals surface area contributed by atoms with Crippen LogP contribution < -0.4 is 0 Å². The molecule has 16 heavy (non-hydrogen) atoms. The van der Waals surface area contributed by atoms with Crippen molar-refractivity contribution in [2.45, 2.75) is 47.5 Å². The fourth-order valence-corrected chi connectivity index (χ4v) is 1.31. The van der Waals surface area contributed by atoms with Gasteiger partial charge in [0.25, 0.3) is 0 Å². The molecule has 0 aliphatic carbocycles. The highest BCUT2D eigenvalue weighted by molar-refractivity contribution is 5.30. The highest BCUT2D eigenvalue weighted by Crippen LogP contribution is 2.21. The third-order valence-electron chi connectivity index (χ3n) is 2.83. The maximum Gasteiger partial charge on any atom is 0.136 e.